The van der Waals surface area contributed by atoms with Gasteiger partial charge < -0.3 is 19.6 Å². The summed E-state index contributed by atoms with van der Waals surface area (Å²) in [6, 6.07) is 7.25. The molecule has 0 saturated heterocycles. The molecule has 0 spiro atoms. The van der Waals surface area contributed by atoms with Gasteiger partial charge in [-0.05, 0) is 12.1 Å². The number of carbonyl (C=O) groups excluding carboxylic acids is 1. The molecule has 1 aromatic carbocycles. The standard InChI is InChI=1S/C15H17N3O4/c1-10(15(20)21)8-18(6-5-16)11-3-4-12-13(7-11)22-9-14(19)17(12)2/h3-4,7,10H,6,8-9H2,1-2H3,(H,20,21). The number of hydrogen-bond acceptors (Lipinski definition) is 5. The summed E-state index contributed by atoms with van der Waals surface area (Å²) in [5, 5.41) is 18.0. The van der Waals surface area contributed by atoms with Gasteiger partial charge in [0, 0.05) is 25.3 Å². The zero-order valence-electron chi connectivity index (χ0n) is 12.4. The van der Waals surface area contributed by atoms with E-state index < -0.39 is 11.9 Å². The summed E-state index contributed by atoms with van der Waals surface area (Å²) in [4.78, 5) is 25.8. The van der Waals surface area contributed by atoms with Crippen LogP contribution in [0.2, 0.25) is 0 Å². The van der Waals surface area contributed by atoms with Crippen molar-refractivity contribution in [3.05, 3.63) is 18.2 Å². The zero-order chi connectivity index (χ0) is 16.3. The van der Waals surface area contributed by atoms with E-state index >= 15 is 0 Å². The summed E-state index contributed by atoms with van der Waals surface area (Å²) in [6.07, 6.45) is 0. The topological polar surface area (TPSA) is 93.9 Å². The van der Waals surface area contributed by atoms with Crippen LogP contribution in [0.3, 0.4) is 0 Å². The lowest BCUT2D eigenvalue weighted by molar-refractivity contribution is -0.140. The highest BCUT2D eigenvalue weighted by molar-refractivity contribution is 5.97. The predicted molar refractivity (Wildman–Crippen MR) is 80.0 cm³/mol. The Morgan fingerprint density at radius 2 is 2.32 bits per heavy atom. The molecule has 1 aromatic rings. The molecule has 0 aromatic heterocycles. The first-order chi connectivity index (χ1) is 10.4. The van der Waals surface area contributed by atoms with Gasteiger partial charge in [-0.15, -0.1) is 0 Å². The van der Waals surface area contributed by atoms with Gasteiger partial charge in [0.15, 0.2) is 6.61 Å². The molecule has 1 atom stereocenters. The van der Waals surface area contributed by atoms with Gasteiger partial charge in [-0.3, -0.25) is 9.59 Å². The number of amides is 1. The molecule has 1 N–H and O–H groups in total. The monoisotopic (exact) mass is 303 g/mol. The Balaban J connectivity index is 2.28. The Labute approximate surface area is 128 Å². The summed E-state index contributed by atoms with van der Waals surface area (Å²) in [7, 11) is 1.67. The number of nitrogens with zero attached hydrogens (tertiary/aromatic N) is 3. The van der Waals surface area contributed by atoms with Gasteiger partial charge in [-0.2, -0.15) is 5.26 Å². The average molecular weight is 303 g/mol. The number of anilines is 2. The molecule has 116 valence electrons. The number of hydrogen-bond donors (Lipinski definition) is 1. The molecule has 1 aliphatic heterocycles. The molecule has 0 radical (unpaired) electrons. The van der Waals surface area contributed by atoms with Gasteiger partial charge in [0.1, 0.15) is 12.3 Å². The third kappa shape index (κ3) is 3.11. The number of carboxylic acids is 1. The van der Waals surface area contributed by atoms with E-state index in [9.17, 15) is 9.59 Å². The maximum atomic E-state index is 11.6. The highest BCUT2D eigenvalue weighted by Gasteiger charge is 2.24. The van der Waals surface area contributed by atoms with E-state index in [4.69, 9.17) is 15.1 Å². The predicted octanol–water partition coefficient (Wildman–Crippen LogP) is 1.09. The number of likely N-dealkylation sites (N-methyl/N-ethyl adjacent to an activating group) is 1. The average Bonchev–Trinajstić information content (AvgIpc) is 2.50. The number of aliphatic carboxylic acids is 1. The van der Waals surface area contributed by atoms with Crippen molar-refractivity contribution < 1.29 is 19.4 Å². The first kappa shape index (κ1) is 15.6. The van der Waals surface area contributed by atoms with E-state index in [0.29, 0.717) is 17.1 Å². The highest BCUT2D eigenvalue weighted by atomic mass is 16.5. The van der Waals surface area contributed by atoms with E-state index in [0.717, 1.165) is 0 Å². The molecule has 7 heteroatoms. The van der Waals surface area contributed by atoms with Gasteiger partial charge in [0.05, 0.1) is 17.7 Å². The van der Waals surface area contributed by atoms with Crippen LogP contribution in [0.15, 0.2) is 18.2 Å². The van der Waals surface area contributed by atoms with Crippen LogP contribution < -0.4 is 14.5 Å². The summed E-state index contributed by atoms with van der Waals surface area (Å²) in [5.41, 5.74) is 1.35. The molecule has 0 bridgehead atoms. The summed E-state index contributed by atoms with van der Waals surface area (Å²) < 4.78 is 5.41. The Morgan fingerprint density at radius 1 is 1.59 bits per heavy atom. The van der Waals surface area contributed by atoms with Crippen molar-refractivity contribution in [1.82, 2.24) is 0 Å². The first-order valence-corrected chi connectivity index (χ1v) is 6.82. The summed E-state index contributed by atoms with van der Waals surface area (Å²) >= 11 is 0. The highest BCUT2D eigenvalue weighted by Crippen LogP contribution is 2.35. The third-order valence-corrected chi connectivity index (χ3v) is 3.57. The number of nitriles is 1. The normalized spacial score (nSPS) is 14.6. The van der Waals surface area contributed by atoms with Gasteiger partial charge >= 0.3 is 5.97 Å². The molecule has 0 saturated carbocycles. The second-order valence-corrected chi connectivity index (χ2v) is 5.17. The van der Waals surface area contributed by atoms with E-state index in [2.05, 4.69) is 0 Å². The van der Waals surface area contributed by atoms with Crippen molar-refractivity contribution in [3.63, 3.8) is 0 Å². The maximum absolute atomic E-state index is 11.6. The van der Waals surface area contributed by atoms with Crippen molar-refractivity contribution in [1.29, 1.82) is 5.26 Å². The second-order valence-electron chi connectivity index (χ2n) is 5.17. The molecule has 1 unspecified atom stereocenters. The number of rotatable bonds is 5. The molecule has 22 heavy (non-hydrogen) atoms. The summed E-state index contributed by atoms with van der Waals surface area (Å²) in [6.45, 7) is 1.85. The van der Waals surface area contributed by atoms with Gasteiger partial charge in [-0.25, -0.2) is 0 Å². The first-order valence-electron chi connectivity index (χ1n) is 6.82. The SMILES string of the molecule is CC(CN(CC#N)c1ccc2c(c1)OCC(=O)N2C)C(=O)O. The Morgan fingerprint density at radius 3 is 2.95 bits per heavy atom. The number of benzene rings is 1. The molecular formula is C15H17N3O4. The Bertz CT molecular complexity index is 638. The molecule has 7 nitrogen and oxygen atoms in total. The van der Waals surface area contributed by atoms with Crippen molar-refractivity contribution in [3.8, 4) is 11.8 Å². The van der Waals surface area contributed by atoms with Crippen LogP contribution >= 0.6 is 0 Å². The van der Waals surface area contributed by atoms with Crippen LogP contribution in [0.1, 0.15) is 6.92 Å². The fraction of sp³-hybridized carbons (Fsp3) is 0.400. The maximum Gasteiger partial charge on any atom is 0.308 e. The van der Waals surface area contributed by atoms with Gasteiger partial charge in [0.2, 0.25) is 0 Å². The van der Waals surface area contributed by atoms with Crippen molar-refractivity contribution in [2.45, 2.75) is 6.92 Å². The van der Waals surface area contributed by atoms with Crippen molar-refractivity contribution in [2.75, 3.05) is 36.5 Å². The largest absolute Gasteiger partial charge is 0.481 e. The van der Waals surface area contributed by atoms with Crippen LogP contribution in [0.4, 0.5) is 11.4 Å². The molecule has 2 rings (SSSR count). The minimum absolute atomic E-state index is 0.0310. The van der Waals surface area contributed by atoms with Crippen LogP contribution in [0.5, 0.6) is 5.75 Å². The second kappa shape index (κ2) is 6.35. The molecule has 1 heterocycles. The van der Waals surface area contributed by atoms with E-state index in [1.165, 1.54) is 4.90 Å². The van der Waals surface area contributed by atoms with E-state index in [1.54, 1.807) is 37.1 Å². The van der Waals surface area contributed by atoms with Crippen molar-refractivity contribution in [2.24, 2.45) is 5.92 Å². The molecule has 1 amide bonds. The van der Waals surface area contributed by atoms with Crippen LogP contribution in [0.25, 0.3) is 0 Å². The quantitative estimate of drug-likeness (QED) is 0.818. The lowest BCUT2D eigenvalue weighted by atomic mass is 10.1. The molecule has 0 aliphatic carbocycles. The minimum Gasteiger partial charge on any atom is -0.481 e. The van der Waals surface area contributed by atoms with Crippen LogP contribution in [-0.2, 0) is 9.59 Å². The van der Waals surface area contributed by atoms with Gasteiger partial charge in [0.25, 0.3) is 5.91 Å². The lowest BCUT2D eigenvalue weighted by Gasteiger charge is -2.29. The Hall–Kier alpha value is -2.75. The number of ether oxygens (including phenoxy) is 1. The van der Waals surface area contributed by atoms with Crippen LogP contribution in [0, 0.1) is 17.2 Å². The van der Waals surface area contributed by atoms with E-state index in [-0.39, 0.29) is 25.6 Å². The van der Waals surface area contributed by atoms with Crippen LogP contribution in [-0.4, -0.2) is 43.7 Å². The number of carboxylic acid groups (broad SMARTS) is 1. The minimum atomic E-state index is -0.914. The molecule has 0 fully saturated rings. The fourth-order valence-corrected chi connectivity index (χ4v) is 2.22. The summed E-state index contributed by atoms with van der Waals surface area (Å²) in [5.74, 6) is -1.10. The third-order valence-electron chi connectivity index (χ3n) is 3.57. The van der Waals surface area contributed by atoms with E-state index in [1.807, 2.05) is 6.07 Å². The molecular weight excluding hydrogens is 286 g/mol. The fourth-order valence-electron chi connectivity index (χ4n) is 2.22. The zero-order valence-corrected chi connectivity index (χ0v) is 12.4. The lowest BCUT2D eigenvalue weighted by Crippen LogP contribution is -2.36. The van der Waals surface area contributed by atoms with Crippen molar-refractivity contribution >= 4 is 23.3 Å². The smallest absolute Gasteiger partial charge is 0.308 e. The molecule has 1 aliphatic rings. The number of fused-ring (bicyclic) bond motifs is 1. The van der Waals surface area contributed by atoms with Gasteiger partial charge in [-0.1, -0.05) is 6.92 Å². The Kier molecular flexibility index (Phi) is 4.51. The number of carbonyl (C=O) groups is 2.